The van der Waals surface area contributed by atoms with Crippen molar-refractivity contribution < 1.29 is 14.4 Å². The number of nitrogens with zero attached hydrogens (tertiary/aromatic N) is 3. The molecule has 10 heteroatoms. The van der Waals surface area contributed by atoms with Gasteiger partial charge in [0.25, 0.3) is 11.2 Å². The Morgan fingerprint density at radius 1 is 1.20 bits per heavy atom. The van der Waals surface area contributed by atoms with Crippen molar-refractivity contribution in [1.29, 1.82) is 0 Å². The summed E-state index contributed by atoms with van der Waals surface area (Å²) in [4.78, 5) is 30.0. The van der Waals surface area contributed by atoms with E-state index in [0.29, 0.717) is 11.2 Å². The first-order valence-corrected chi connectivity index (χ1v) is 8.82. The van der Waals surface area contributed by atoms with Gasteiger partial charge in [0.2, 0.25) is 0 Å². The molecule has 0 saturated carbocycles. The number of hydrogen-bond donors (Lipinski definition) is 3. The summed E-state index contributed by atoms with van der Waals surface area (Å²) in [6, 6.07) is 15.9. The van der Waals surface area contributed by atoms with Crippen LogP contribution >= 0.6 is 0 Å². The molecule has 1 atom stereocenters. The lowest BCUT2D eigenvalue weighted by molar-refractivity contribution is -0.384. The fraction of sp³-hybridized carbons (Fsp3) is 0.0500. The van der Waals surface area contributed by atoms with E-state index in [1.807, 2.05) is 6.07 Å². The minimum atomic E-state index is -1.40. The van der Waals surface area contributed by atoms with Gasteiger partial charge in [0.05, 0.1) is 27.9 Å². The van der Waals surface area contributed by atoms with Crippen molar-refractivity contribution in [1.82, 2.24) is 9.97 Å². The number of rotatable bonds is 6. The molecule has 150 valence electrons. The van der Waals surface area contributed by atoms with Gasteiger partial charge in [-0.3, -0.25) is 20.3 Å². The summed E-state index contributed by atoms with van der Waals surface area (Å²) in [6.07, 6.45) is -0.0247. The highest BCUT2D eigenvalue weighted by molar-refractivity contribution is 6.03. The standard InChI is InChI=1S/C20H15N5O5/c26-19(16-7-4-10-30-16)17(24-23-12-5-2-1-3-6-12)18-20(27)22-14-9-8-13(25(28)29)11-15(14)21-18/h1-11,19,23,26H,(H,22,27)/b24-17-/t19-/m0/s1. The summed E-state index contributed by atoms with van der Waals surface area (Å²) in [7, 11) is 0. The number of hydrazone groups is 1. The molecule has 0 radical (unpaired) electrons. The maximum absolute atomic E-state index is 12.7. The number of furan rings is 1. The second kappa shape index (κ2) is 7.97. The fourth-order valence-electron chi connectivity index (χ4n) is 2.82. The third-order valence-electron chi connectivity index (χ3n) is 4.28. The average Bonchev–Trinajstić information content (AvgIpc) is 3.29. The Morgan fingerprint density at radius 2 is 2.00 bits per heavy atom. The number of hydrogen-bond acceptors (Lipinski definition) is 8. The number of aliphatic hydroxyl groups excluding tert-OH is 1. The third kappa shape index (κ3) is 3.80. The van der Waals surface area contributed by atoms with Crippen LogP contribution in [-0.2, 0) is 0 Å². The molecule has 0 spiro atoms. The van der Waals surface area contributed by atoms with Gasteiger partial charge in [0, 0.05) is 12.1 Å². The number of para-hydroxylation sites is 1. The van der Waals surface area contributed by atoms with Crippen LogP contribution < -0.4 is 11.0 Å². The molecule has 0 saturated heterocycles. The number of aromatic nitrogens is 2. The van der Waals surface area contributed by atoms with E-state index in [9.17, 15) is 20.0 Å². The molecule has 0 bridgehead atoms. The molecule has 4 aromatic rings. The van der Waals surface area contributed by atoms with Crippen LogP contribution in [-0.4, -0.2) is 25.7 Å². The molecule has 30 heavy (non-hydrogen) atoms. The average molecular weight is 405 g/mol. The molecule has 3 N–H and O–H groups in total. The van der Waals surface area contributed by atoms with Crippen LogP contribution in [0.2, 0.25) is 0 Å². The lowest BCUT2D eigenvalue weighted by atomic mass is 10.1. The summed E-state index contributed by atoms with van der Waals surface area (Å²) in [5.74, 6) is 0.156. The first kappa shape index (κ1) is 19.0. The lowest BCUT2D eigenvalue weighted by Gasteiger charge is -2.12. The molecule has 0 amide bonds. The molecular weight excluding hydrogens is 390 g/mol. The predicted molar refractivity (Wildman–Crippen MR) is 109 cm³/mol. The zero-order valence-electron chi connectivity index (χ0n) is 15.4. The molecule has 10 nitrogen and oxygen atoms in total. The van der Waals surface area contributed by atoms with Crippen LogP contribution in [0.15, 0.2) is 81.2 Å². The van der Waals surface area contributed by atoms with Crippen LogP contribution in [0.1, 0.15) is 17.6 Å². The molecule has 0 aliphatic rings. The van der Waals surface area contributed by atoms with Gasteiger partial charge in [0.15, 0.2) is 11.8 Å². The van der Waals surface area contributed by atoms with E-state index in [1.54, 1.807) is 30.3 Å². The second-order valence-electron chi connectivity index (χ2n) is 6.27. The molecule has 0 aliphatic carbocycles. The number of nitrogens with one attached hydrogen (secondary N) is 2. The SMILES string of the molecule is O=c1[nH]c2ccc([N+](=O)[O-])cc2nc1/C(=N/Nc1ccccc1)[C@@H](O)c1ccco1. The van der Waals surface area contributed by atoms with Crippen molar-refractivity contribution in [2.45, 2.75) is 6.10 Å². The quantitative estimate of drug-likeness (QED) is 0.254. The minimum absolute atomic E-state index is 0.108. The van der Waals surface area contributed by atoms with Crippen LogP contribution in [0.5, 0.6) is 0 Å². The van der Waals surface area contributed by atoms with Gasteiger partial charge in [0.1, 0.15) is 11.5 Å². The zero-order chi connectivity index (χ0) is 21.1. The Balaban J connectivity index is 1.84. The molecule has 2 aromatic carbocycles. The van der Waals surface area contributed by atoms with E-state index >= 15 is 0 Å². The number of aromatic amines is 1. The summed E-state index contributed by atoms with van der Waals surface area (Å²) in [6.45, 7) is 0. The Kier molecular flexibility index (Phi) is 5.06. The van der Waals surface area contributed by atoms with Crippen molar-refractivity contribution in [2.75, 3.05) is 5.43 Å². The van der Waals surface area contributed by atoms with E-state index in [4.69, 9.17) is 4.42 Å². The summed E-state index contributed by atoms with van der Waals surface area (Å²) >= 11 is 0. The Bertz CT molecular complexity index is 1280. The van der Waals surface area contributed by atoms with Crippen molar-refractivity contribution in [2.24, 2.45) is 5.10 Å². The van der Waals surface area contributed by atoms with E-state index in [1.165, 1.54) is 30.5 Å². The number of H-pyrrole nitrogens is 1. The Labute approximate surface area is 168 Å². The van der Waals surface area contributed by atoms with Crippen molar-refractivity contribution in [3.8, 4) is 0 Å². The fourth-order valence-corrected chi connectivity index (χ4v) is 2.82. The summed E-state index contributed by atoms with van der Waals surface area (Å²) in [5, 5.41) is 26.0. The maximum Gasteiger partial charge on any atom is 0.276 e. The number of benzene rings is 2. The monoisotopic (exact) mass is 405 g/mol. The Morgan fingerprint density at radius 3 is 2.70 bits per heavy atom. The van der Waals surface area contributed by atoms with Gasteiger partial charge in [-0.25, -0.2) is 4.98 Å². The normalized spacial score (nSPS) is 12.6. The van der Waals surface area contributed by atoms with E-state index in [2.05, 4.69) is 20.5 Å². The number of nitro groups is 1. The largest absolute Gasteiger partial charge is 0.466 e. The summed E-state index contributed by atoms with van der Waals surface area (Å²) < 4.78 is 5.24. The van der Waals surface area contributed by atoms with Crippen LogP contribution in [0.25, 0.3) is 11.0 Å². The van der Waals surface area contributed by atoms with Gasteiger partial charge >= 0.3 is 0 Å². The molecule has 2 heterocycles. The molecule has 0 fully saturated rings. The van der Waals surface area contributed by atoms with Gasteiger partial charge in [-0.2, -0.15) is 5.10 Å². The predicted octanol–water partition coefficient (Wildman–Crippen LogP) is 2.97. The minimum Gasteiger partial charge on any atom is -0.466 e. The highest BCUT2D eigenvalue weighted by atomic mass is 16.6. The molecule has 0 aliphatic heterocycles. The highest BCUT2D eigenvalue weighted by Gasteiger charge is 2.25. The molecular formula is C20H15N5O5. The summed E-state index contributed by atoms with van der Waals surface area (Å²) in [5.41, 5.74) is 2.79. The molecule has 0 unspecified atom stereocenters. The van der Waals surface area contributed by atoms with Crippen LogP contribution in [0, 0.1) is 10.1 Å². The smallest absolute Gasteiger partial charge is 0.276 e. The molecule has 2 aromatic heterocycles. The third-order valence-corrected chi connectivity index (χ3v) is 4.28. The van der Waals surface area contributed by atoms with E-state index in [-0.39, 0.29) is 28.4 Å². The van der Waals surface area contributed by atoms with Gasteiger partial charge < -0.3 is 14.5 Å². The van der Waals surface area contributed by atoms with Crippen LogP contribution in [0.4, 0.5) is 11.4 Å². The van der Waals surface area contributed by atoms with Crippen LogP contribution in [0.3, 0.4) is 0 Å². The van der Waals surface area contributed by atoms with Crippen molar-refractivity contribution in [3.05, 3.63) is 98.8 Å². The molecule has 4 rings (SSSR count). The number of aliphatic hydroxyl groups is 1. The highest BCUT2D eigenvalue weighted by Crippen LogP contribution is 2.21. The first-order chi connectivity index (χ1) is 14.5. The number of anilines is 1. The van der Waals surface area contributed by atoms with Gasteiger partial charge in [-0.05, 0) is 30.3 Å². The van der Waals surface area contributed by atoms with Crippen molar-refractivity contribution in [3.63, 3.8) is 0 Å². The van der Waals surface area contributed by atoms with Gasteiger partial charge in [-0.1, -0.05) is 18.2 Å². The Hall–Kier alpha value is -4.31. The van der Waals surface area contributed by atoms with Gasteiger partial charge in [-0.15, -0.1) is 0 Å². The second-order valence-corrected chi connectivity index (χ2v) is 6.27. The lowest BCUT2D eigenvalue weighted by Crippen LogP contribution is -2.26. The number of nitro benzene ring substituents is 1. The topological polar surface area (TPSA) is 147 Å². The van der Waals surface area contributed by atoms with E-state index < -0.39 is 16.6 Å². The zero-order valence-corrected chi connectivity index (χ0v) is 15.4. The number of non-ortho nitro benzene ring substituents is 1. The van der Waals surface area contributed by atoms with Crippen molar-refractivity contribution >= 4 is 28.1 Å². The number of fused-ring (bicyclic) bond motifs is 1. The first-order valence-electron chi connectivity index (χ1n) is 8.82. The van der Waals surface area contributed by atoms with E-state index in [0.717, 1.165) is 0 Å². The maximum atomic E-state index is 12.7.